The number of aromatic amines is 1. The lowest BCUT2D eigenvalue weighted by Gasteiger charge is -2.06. The molecule has 140 valence electrons. The zero-order valence-electron chi connectivity index (χ0n) is 15.2. The molecule has 0 amide bonds. The number of aromatic hydroxyl groups is 1. The van der Waals surface area contributed by atoms with E-state index in [1.165, 1.54) is 17.9 Å². The topological polar surface area (TPSA) is 75.4 Å². The number of rotatable bonds is 5. The summed E-state index contributed by atoms with van der Waals surface area (Å²) in [4.78, 5) is 0. The van der Waals surface area contributed by atoms with Crippen molar-refractivity contribution in [3.63, 3.8) is 0 Å². The summed E-state index contributed by atoms with van der Waals surface area (Å²) in [6.07, 6.45) is 2.21. The minimum atomic E-state index is 0.0539. The Hall–Kier alpha value is -3.45. The lowest BCUT2D eigenvalue weighted by Crippen LogP contribution is -2.01. The standard InChI is InChI=1S/C21H18N4O2S/c1-27-19-10-9-14(11-18(19)26)13-22-25-20(23-24-21(25)28)12-16-7-4-6-15-5-2-3-8-17(15)16/h2-11,13,26H,12H2,1H3,(H,24,28)/b22-13-. The fourth-order valence-corrected chi connectivity index (χ4v) is 3.28. The van der Waals surface area contributed by atoms with Gasteiger partial charge in [-0.1, -0.05) is 42.5 Å². The summed E-state index contributed by atoms with van der Waals surface area (Å²) in [5.74, 6) is 1.17. The third kappa shape index (κ3) is 3.52. The van der Waals surface area contributed by atoms with Crippen molar-refractivity contribution < 1.29 is 9.84 Å². The van der Waals surface area contributed by atoms with Crippen molar-refractivity contribution in [2.24, 2.45) is 5.10 Å². The van der Waals surface area contributed by atoms with Gasteiger partial charge in [-0.05, 0) is 52.3 Å². The van der Waals surface area contributed by atoms with Gasteiger partial charge in [-0.15, -0.1) is 0 Å². The third-order valence-corrected chi connectivity index (χ3v) is 4.74. The Morgan fingerprint density at radius 2 is 2.00 bits per heavy atom. The van der Waals surface area contributed by atoms with E-state index < -0.39 is 0 Å². The summed E-state index contributed by atoms with van der Waals surface area (Å²) in [6.45, 7) is 0. The van der Waals surface area contributed by atoms with Crippen LogP contribution in [0, 0.1) is 4.77 Å². The molecule has 0 unspecified atom stereocenters. The summed E-state index contributed by atoms with van der Waals surface area (Å²) in [7, 11) is 1.51. The number of nitrogens with zero attached hydrogens (tertiary/aromatic N) is 3. The SMILES string of the molecule is COc1ccc(/C=N\n2c(Cc3cccc4ccccc34)n[nH]c2=S)cc1O. The summed E-state index contributed by atoms with van der Waals surface area (Å²) in [6, 6.07) is 19.5. The highest BCUT2D eigenvalue weighted by Gasteiger charge is 2.09. The Labute approximate surface area is 166 Å². The molecule has 0 aliphatic heterocycles. The highest BCUT2D eigenvalue weighted by atomic mass is 32.1. The van der Waals surface area contributed by atoms with E-state index in [-0.39, 0.29) is 5.75 Å². The molecule has 0 fully saturated rings. The summed E-state index contributed by atoms with van der Waals surface area (Å²) in [5.41, 5.74) is 1.86. The highest BCUT2D eigenvalue weighted by Crippen LogP contribution is 2.25. The minimum Gasteiger partial charge on any atom is -0.504 e. The molecule has 0 atom stereocenters. The number of aromatic nitrogens is 3. The third-order valence-electron chi connectivity index (χ3n) is 4.47. The number of hydrogen-bond acceptors (Lipinski definition) is 5. The average molecular weight is 390 g/mol. The first kappa shape index (κ1) is 17.9. The van der Waals surface area contributed by atoms with Gasteiger partial charge in [0.15, 0.2) is 17.3 Å². The lowest BCUT2D eigenvalue weighted by atomic mass is 10.0. The molecule has 0 bridgehead atoms. The van der Waals surface area contributed by atoms with E-state index in [0.29, 0.717) is 22.8 Å². The Balaban J connectivity index is 1.66. The number of methoxy groups -OCH3 is 1. The van der Waals surface area contributed by atoms with Crippen molar-refractivity contribution in [2.75, 3.05) is 7.11 Å². The van der Waals surface area contributed by atoms with Crippen molar-refractivity contribution in [3.05, 3.63) is 82.4 Å². The monoisotopic (exact) mass is 390 g/mol. The van der Waals surface area contributed by atoms with Gasteiger partial charge in [0, 0.05) is 6.42 Å². The highest BCUT2D eigenvalue weighted by molar-refractivity contribution is 7.71. The zero-order chi connectivity index (χ0) is 19.5. The number of hydrogen-bond donors (Lipinski definition) is 2. The van der Waals surface area contributed by atoms with Gasteiger partial charge >= 0.3 is 0 Å². The van der Waals surface area contributed by atoms with Crippen LogP contribution < -0.4 is 4.74 Å². The van der Waals surface area contributed by atoms with Crippen LogP contribution in [-0.2, 0) is 6.42 Å². The number of phenols is 1. The molecule has 3 aromatic carbocycles. The second kappa shape index (κ2) is 7.66. The minimum absolute atomic E-state index is 0.0539. The van der Waals surface area contributed by atoms with Gasteiger partial charge in [-0.25, -0.2) is 0 Å². The Morgan fingerprint density at radius 1 is 1.18 bits per heavy atom. The fraction of sp³-hybridized carbons (Fsp3) is 0.0952. The molecule has 0 aliphatic rings. The quantitative estimate of drug-likeness (QED) is 0.394. The lowest BCUT2D eigenvalue weighted by molar-refractivity contribution is 0.373. The molecule has 0 aliphatic carbocycles. The molecule has 6 nitrogen and oxygen atoms in total. The first-order chi connectivity index (χ1) is 13.7. The molecule has 1 heterocycles. The maximum absolute atomic E-state index is 9.92. The number of H-pyrrole nitrogens is 1. The van der Waals surface area contributed by atoms with E-state index in [1.807, 2.05) is 18.2 Å². The van der Waals surface area contributed by atoms with E-state index in [9.17, 15) is 5.11 Å². The second-order valence-corrected chi connectivity index (χ2v) is 6.63. The molecule has 7 heteroatoms. The number of benzene rings is 3. The molecule has 4 aromatic rings. The second-order valence-electron chi connectivity index (χ2n) is 6.25. The van der Waals surface area contributed by atoms with E-state index in [4.69, 9.17) is 17.0 Å². The maximum Gasteiger partial charge on any atom is 0.216 e. The molecular formula is C21H18N4O2S. The first-order valence-corrected chi connectivity index (χ1v) is 9.11. The van der Waals surface area contributed by atoms with Crippen LogP contribution in [0.5, 0.6) is 11.5 Å². The first-order valence-electron chi connectivity index (χ1n) is 8.70. The smallest absolute Gasteiger partial charge is 0.216 e. The van der Waals surface area contributed by atoms with Gasteiger partial charge in [0.1, 0.15) is 0 Å². The van der Waals surface area contributed by atoms with Crippen molar-refractivity contribution in [2.45, 2.75) is 6.42 Å². The Morgan fingerprint density at radius 3 is 2.82 bits per heavy atom. The summed E-state index contributed by atoms with van der Waals surface area (Å²) in [5, 5.41) is 23.9. The molecule has 4 rings (SSSR count). The van der Waals surface area contributed by atoms with Gasteiger partial charge in [0.25, 0.3) is 0 Å². The van der Waals surface area contributed by atoms with Crippen LogP contribution in [0.2, 0.25) is 0 Å². The molecule has 0 saturated carbocycles. The van der Waals surface area contributed by atoms with Crippen LogP contribution in [0.1, 0.15) is 17.0 Å². The van der Waals surface area contributed by atoms with Crippen LogP contribution in [0.4, 0.5) is 0 Å². The number of fused-ring (bicyclic) bond motifs is 1. The predicted octanol–water partition coefficient (Wildman–Crippen LogP) is 4.28. The van der Waals surface area contributed by atoms with Crippen LogP contribution >= 0.6 is 12.2 Å². The normalized spacial score (nSPS) is 11.3. The Bertz CT molecular complexity index is 1220. The van der Waals surface area contributed by atoms with Crippen LogP contribution in [-0.4, -0.2) is 33.3 Å². The maximum atomic E-state index is 9.92. The van der Waals surface area contributed by atoms with E-state index >= 15 is 0 Å². The fourth-order valence-electron chi connectivity index (χ4n) is 3.09. The van der Waals surface area contributed by atoms with Crippen LogP contribution in [0.3, 0.4) is 0 Å². The summed E-state index contributed by atoms with van der Waals surface area (Å²) >= 11 is 5.33. The molecule has 1 aromatic heterocycles. The average Bonchev–Trinajstić information content (AvgIpc) is 3.06. The molecular weight excluding hydrogens is 372 g/mol. The van der Waals surface area contributed by atoms with Gasteiger partial charge in [0.2, 0.25) is 4.77 Å². The van der Waals surface area contributed by atoms with Crippen molar-refractivity contribution in [1.82, 2.24) is 14.9 Å². The van der Waals surface area contributed by atoms with Gasteiger partial charge in [0.05, 0.1) is 13.3 Å². The van der Waals surface area contributed by atoms with Gasteiger partial charge in [-0.3, -0.25) is 5.10 Å². The van der Waals surface area contributed by atoms with E-state index in [1.54, 1.807) is 29.1 Å². The number of ether oxygens (including phenoxy) is 1. The molecule has 28 heavy (non-hydrogen) atoms. The predicted molar refractivity (Wildman–Crippen MR) is 112 cm³/mol. The van der Waals surface area contributed by atoms with Gasteiger partial charge in [-0.2, -0.15) is 14.9 Å². The van der Waals surface area contributed by atoms with Crippen LogP contribution in [0.25, 0.3) is 10.8 Å². The van der Waals surface area contributed by atoms with Gasteiger partial charge < -0.3 is 9.84 Å². The van der Waals surface area contributed by atoms with E-state index in [0.717, 1.165) is 11.1 Å². The molecule has 2 N–H and O–H groups in total. The number of phenolic OH excluding ortho intramolecular Hbond substituents is 1. The molecule has 0 radical (unpaired) electrons. The van der Waals surface area contributed by atoms with Crippen molar-refractivity contribution >= 4 is 29.2 Å². The number of nitrogens with one attached hydrogen (secondary N) is 1. The molecule has 0 saturated heterocycles. The zero-order valence-corrected chi connectivity index (χ0v) is 16.0. The van der Waals surface area contributed by atoms with E-state index in [2.05, 4.69) is 39.6 Å². The van der Waals surface area contributed by atoms with Crippen molar-refractivity contribution in [1.29, 1.82) is 0 Å². The Kier molecular flexibility index (Phi) is 4.90. The van der Waals surface area contributed by atoms with Crippen LogP contribution in [0.15, 0.2) is 65.8 Å². The van der Waals surface area contributed by atoms with Crippen molar-refractivity contribution in [3.8, 4) is 11.5 Å². The largest absolute Gasteiger partial charge is 0.504 e. The summed E-state index contributed by atoms with van der Waals surface area (Å²) < 4.78 is 7.06. The molecule has 0 spiro atoms.